The lowest BCUT2D eigenvalue weighted by atomic mass is 9.57. The smallest absolute Gasteiger partial charge is 0.00853 e. The van der Waals surface area contributed by atoms with Crippen LogP contribution in [-0.4, -0.2) is 0 Å². The molecule has 0 aromatic rings. The SMILES string of the molecule is C/C=C1/CCC2C3CC/C(C)=C/[C@@H](CC)CCCC3CC[C@]12C. The van der Waals surface area contributed by atoms with E-state index in [1.54, 1.807) is 11.1 Å². The molecule has 2 saturated carbocycles. The zero-order valence-electron chi connectivity index (χ0n) is 16.0. The summed E-state index contributed by atoms with van der Waals surface area (Å²) in [5.74, 6) is 3.84. The van der Waals surface area contributed by atoms with Gasteiger partial charge in [-0.1, -0.05) is 50.0 Å². The maximum atomic E-state index is 2.62. The highest BCUT2D eigenvalue weighted by atomic mass is 14.5. The molecule has 0 nitrogen and oxygen atoms in total. The number of rotatable bonds is 1. The Balaban J connectivity index is 1.80. The van der Waals surface area contributed by atoms with Crippen molar-refractivity contribution in [2.45, 2.75) is 91.9 Å². The summed E-state index contributed by atoms with van der Waals surface area (Å²) in [4.78, 5) is 0. The lowest BCUT2D eigenvalue weighted by Crippen LogP contribution is -2.39. The van der Waals surface area contributed by atoms with Crippen LogP contribution in [0.3, 0.4) is 0 Å². The summed E-state index contributed by atoms with van der Waals surface area (Å²) >= 11 is 0. The van der Waals surface area contributed by atoms with E-state index in [1.165, 1.54) is 64.2 Å². The zero-order chi connectivity index (χ0) is 16.4. The summed E-state index contributed by atoms with van der Waals surface area (Å²) in [7, 11) is 0. The van der Waals surface area contributed by atoms with Gasteiger partial charge >= 0.3 is 0 Å². The molecule has 0 amide bonds. The van der Waals surface area contributed by atoms with Crippen LogP contribution in [0.1, 0.15) is 91.9 Å². The summed E-state index contributed by atoms with van der Waals surface area (Å²) in [6.07, 6.45) is 19.4. The molecule has 3 rings (SSSR count). The predicted molar refractivity (Wildman–Crippen MR) is 101 cm³/mol. The molecule has 0 N–H and O–H groups in total. The topological polar surface area (TPSA) is 0 Å². The fourth-order valence-electron chi connectivity index (χ4n) is 6.41. The largest absolute Gasteiger partial charge is 0.0879 e. The van der Waals surface area contributed by atoms with E-state index in [2.05, 4.69) is 39.8 Å². The van der Waals surface area contributed by atoms with Crippen molar-refractivity contribution >= 4 is 0 Å². The Morgan fingerprint density at radius 2 is 1.96 bits per heavy atom. The van der Waals surface area contributed by atoms with Gasteiger partial charge in [0, 0.05) is 0 Å². The molecule has 0 aromatic heterocycles. The van der Waals surface area contributed by atoms with Crippen LogP contribution in [0.4, 0.5) is 0 Å². The van der Waals surface area contributed by atoms with Crippen molar-refractivity contribution in [2.75, 3.05) is 0 Å². The van der Waals surface area contributed by atoms with Crippen molar-refractivity contribution in [3.05, 3.63) is 23.3 Å². The van der Waals surface area contributed by atoms with Gasteiger partial charge < -0.3 is 0 Å². The first-order valence-corrected chi connectivity index (χ1v) is 10.4. The van der Waals surface area contributed by atoms with E-state index in [0.717, 1.165) is 23.7 Å². The van der Waals surface area contributed by atoms with Crippen LogP contribution in [0, 0.1) is 29.1 Å². The van der Waals surface area contributed by atoms with Gasteiger partial charge in [-0.3, -0.25) is 0 Å². The van der Waals surface area contributed by atoms with E-state index in [0.29, 0.717) is 5.41 Å². The van der Waals surface area contributed by atoms with Gasteiger partial charge in [-0.2, -0.15) is 0 Å². The highest BCUT2D eigenvalue weighted by Gasteiger charge is 2.50. The second-order valence-corrected chi connectivity index (χ2v) is 8.99. The minimum absolute atomic E-state index is 0.545. The Morgan fingerprint density at radius 1 is 1.13 bits per heavy atom. The Hall–Kier alpha value is -0.520. The molecule has 3 aliphatic carbocycles. The fourth-order valence-corrected chi connectivity index (χ4v) is 6.41. The molecule has 0 aromatic carbocycles. The monoisotopic (exact) mass is 314 g/mol. The molecule has 0 heteroatoms. The van der Waals surface area contributed by atoms with Crippen LogP contribution in [0.5, 0.6) is 0 Å². The van der Waals surface area contributed by atoms with Crippen molar-refractivity contribution in [1.29, 1.82) is 0 Å². The number of allylic oxidation sites excluding steroid dienone is 4. The van der Waals surface area contributed by atoms with Crippen LogP contribution < -0.4 is 0 Å². The van der Waals surface area contributed by atoms with E-state index in [-0.39, 0.29) is 0 Å². The average Bonchev–Trinajstić information content (AvgIpc) is 2.89. The third-order valence-electron chi connectivity index (χ3n) is 7.85. The molecule has 0 aliphatic heterocycles. The quantitative estimate of drug-likeness (QED) is 0.445. The van der Waals surface area contributed by atoms with Gasteiger partial charge in [0.25, 0.3) is 0 Å². The van der Waals surface area contributed by atoms with E-state index in [4.69, 9.17) is 0 Å². The highest BCUT2D eigenvalue weighted by Crippen LogP contribution is 2.60. The van der Waals surface area contributed by atoms with Crippen LogP contribution in [-0.2, 0) is 0 Å². The number of hydrogen-bond acceptors (Lipinski definition) is 0. The molecule has 3 aliphatic rings. The van der Waals surface area contributed by atoms with Gasteiger partial charge in [0.2, 0.25) is 0 Å². The van der Waals surface area contributed by atoms with Gasteiger partial charge in [-0.25, -0.2) is 0 Å². The van der Waals surface area contributed by atoms with Gasteiger partial charge in [-0.15, -0.1) is 0 Å². The highest BCUT2D eigenvalue weighted by molar-refractivity contribution is 5.22. The predicted octanol–water partition coefficient (Wildman–Crippen LogP) is 7.31. The summed E-state index contributed by atoms with van der Waals surface area (Å²) in [6.45, 7) is 9.64. The molecule has 2 fully saturated rings. The molecule has 0 heterocycles. The minimum Gasteiger partial charge on any atom is -0.0879 e. The van der Waals surface area contributed by atoms with Crippen LogP contribution in [0.25, 0.3) is 0 Å². The van der Waals surface area contributed by atoms with Gasteiger partial charge in [0.1, 0.15) is 0 Å². The van der Waals surface area contributed by atoms with Crippen LogP contribution in [0.15, 0.2) is 23.3 Å². The first-order valence-electron chi connectivity index (χ1n) is 10.4. The maximum absolute atomic E-state index is 2.62. The molecule has 23 heavy (non-hydrogen) atoms. The van der Waals surface area contributed by atoms with Gasteiger partial charge in [-0.05, 0) is 94.3 Å². The maximum Gasteiger partial charge on any atom is -0.00853 e. The first-order chi connectivity index (χ1) is 11.1. The first kappa shape index (κ1) is 17.3. The lowest BCUT2D eigenvalue weighted by molar-refractivity contribution is 0.0479. The Morgan fingerprint density at radius 3 is 2.70 bits per heavy atom. The molecular weight excluding hydrogens is 276 g/mol. The van der Waals surface area contributed by atoms with Crippen molar-refractivity contribution in [1.82, 2.24) is 0 Å². The minimum atomic E-state index is 0.545. The zero-order valence-corrected chi connectivity index (χ0v) is 16.0. The second-order valence-electron chi connectivity index (χ2n) is 8.99. The Bertz CT molecular complexity index is 468. The van der Waals surface area contributed by atoms with Crippen LogP contribution in [0.2, 0.25) is 0 Å². The average molecular weight is 315 g/mol. The molecule has 3 unspecified atom stereocenters. The second kappa shape index (κ2) is 7.16. The molecule has 130 valence electrons. The number of fused-ring (bicyclic) bond motifs is 3. The van der Waals surface area contributed by atoms with E-state index >= 15 is 0 Å². The van der Waals surface area contributed by atoms with E-state index < -0.39 is 0 Å². The van der Waals surface area contributed by atoms with E-state index in [1.807, 2.05) is 0 Å². The van der Waals surface area contributed by atoms with Gasteiger partial charge in [0.15, 0.2) is 0 Å². The van der Waals surface area contributed by atoms with Crippen molar-refractivity contribution in [3.8, 4) is 0 Å². The van der Waals surface area contributed by atoms with E-state index in [9.17, 15) is 0 Å². The lowest BCUT2D eigenvalue weighted by Gasteiger charge is -2.48. The van der Waals surface area contributed by atoms with Crippen molar-refractivity contribution in [3.63, 3.8) is 0 Å². The molecule has 0 radical (unpaired) electrons. The molecule has 5 atom stereocenters. The summed E-state index contributed by atoms with van der Waals surface area (Å²) in [5, 5.41) is 0. The Labute approximate surface area is 144 Å². The normalized spacial score (nSPS) is 45.9. The number of hydrogen-bond donors (Lipinski definition) is 0. The van der Waals surface area contributed by atoms with Crippen molar-refractivity contribution in [2.24, 2.45) is 29.1 Å². The molecule has 0 saturated heterocycles. The Kier molecular flexibility index (Phi) is 5.39. The summed E-state index contributed by atoms with van der Waals surface area (Å²) < 4.78 is 0. The molecule has 0 spiro atoms. The third kappa shape index (κ3) is 3.33. The van der Waals surface area contributed by atoms with Crippen LogP contribution >= 0.6 is 0 Å². The third-order valence-corrected chi connectivity index (χ3v) is 7.85. The standard InChI is InChI=1S/C23H38/c1-5-18-8-7-9-19-14-15-23(4)20(6-2)11-13-22(23)21(19)12-10-17(3)16-18/h6,16,18-19,21-22H,5,7-15H2,1-4H3/b17-16+,20-6-/t18-,19?,21?,22?,23+/m0/s1. The molecule has 0 bridgehead atoms. The van der Waals surface area contributed by atoms with Gasteiger partial charge in [0.05, 0.1) is 0 Å². The summed E-state index contributed by atoms with van der Waals surface area (Å²) in [5.41, 5.74) is 4.01. The fraction of sp³-hybridized carbons (Fsp3) is 0.826. The van der Waals surface area contributed by atoms with Crippen molar-refractivity contribution < 1.29 is 0 Å². The molecular formula is C23H38. The summed E-state index contributed by atoms with van der Waals surface area (Å²) in [6, 6.07) is 0.